The molecule has 2 N–H and O–H groups in total. The highest BCUT2D eigenvalue weighted by molar-refractivity contribution is 5.99. The molecule has 0 radical (unpaired) electrons. The van der Waals surface area contributed by atoms with Gasteiger partial charge in [-0.05, 0) is 31.5 Å². The molecule has 108 valence electrons. The Morgan fingerprint density at radius 2 is 1.71 bits per heavy atom. The summed E-state index contributed by atoms with van der Waals surface area (Å²) in [7, 11) is 0. The molecule has 0 fully saturated rings. The third-order valence-corrected chi connectivity index (χ3v) is 3.04. The number of carbonyl (C=O) groups is 1. The van der Waals surface area contributed by atoms with E-state index in [2.05, 4.69) is 15.8 Å². The molecule has 1 amide bonds. The lowest BCUT2D eigenvalue weighted by molar-refractivity contribution is -0.119. The fourth-order valence-electron chi connectivity index (χ4n) is 1.78. The van der Waals surface area contributed by atoms with Crippen molar-refractivity contribution in [3.05, 3.63) is 65.7 Å². The lowest BCUT2D eigenvalue weighted by Gasteiger charge is -2.06. The van der Waals surface area contributed by atoms with Crippen LogP contribution in [0.15, 0.2) is 59.7 Å². The van der Waals surface area contributed by atoms with E-state index in [4.69, 9.17) is 0 Å². The molecule has 4 heteroatoms. The van der Waals surface area contributed by atoms with Gasteiger partial charge in [0.05, 0.1) is 12.3 Å². The monoisotopic (exact) mass is 281 g/mol. The maximum absolute atomic E-state index is 11.7. The number of carbonyl (C=O) groups excluding carboxylic acids is 1. The predicted octanol–water partition coefficient (Wildman–Crippen LogP) is 2.95. The van der Waals surface area contributed by atoms with Crippen LogP contribution >= 0.6 is 0 Å². The molecule has 0 spiro atoms. The summed E-state index contributed by atoms with van der Waals surface area (Å²) in [6.45, 7) is 4.08. The molecular formula is C17H19N3O. The highest BCUT2D eigenvalue weighted by Gasteiger charge is 2.01. The Balaban J connectivity index is 1.83. The second kappa shape index (κ2) is 7.24. The van der Waals surface area contributed by atoms with E-state index in [1.807, 2.05) is 68.4 Å². The first-order chi connectivity index (χ1) is 10.1. The first-order valence-corrected chi connectivity index (χ1v) is 6.84. The van der Waals surface area contributed by atoms with Gasteiger partial charge >= 0.3 is 0 Å². The van der Waals surface area contributed by atoms with Crippen LogP contribution < -0.4 is 10.7 Å². The maximum atomic E-state index is 11.7. The number of nitrogens with zero attached hydrogens (tertiary/aromatic N) is 1. The van der Waals surface area contributed by atoms with Crippen molar-refractivity contribution >= 4 is 17.3 Å². The molecular weight excluding hydrogens is 262 g/mol. The van der Waals surface area contributed by atoms with Crippen LogP contribution in [0.2, 0.25) is 0 Å². The molecule has 2 rings (SSSR count). The van der Waals surface area contributed by atoms with Gasteiger partial charge in [-0.15, -0.1) is 0 Å². The Bertz CT molecular complexity index is 618. The second-order valence-electron chi connectivity index (χ2n) is 4.82. The third kappa shape index (κ3) is 4.76. The van der Waals surface area contributed by atoms with Gasteiger partial charge in [-0.25, -0.2) is 5.43 Å². The topological polar surface area (TPSA) is 53.5 Å². The molecule has 0 heterocycles. The molecule has 2 aromatic rings. The molecule has 21 heavy (non-hydrogen) atoms. The first-order valence-electron chi connectivity index (χ1n) is 6.84. The number of amides is 1. The molecule has 0 aliphatic heterocycles. The van der Waals surface area contributed by atoms with Gasteiger partial charge in [0.15, 0.2) is 0 Å². The average molecular weight is 281 g/mol. The highest BCUT2D eigenvalue weighted by atomic mass is 16.2. The summed E-state index contributed by atoms with van der Waals surface area (Å²) < 4.78 is 0. The minimum atomic E-state index is -0.175. The molecule has 0 bridgehead atoms. The molecule has 0 unspecified atom stereocenters. The fourth-order valence-corrected chi connectivity index (χ4v) is 1.78. The minimum Gasteiger partial charge on any atom is -0.376 e. The number of aryl methyl sites for hydroxylation is 1. The van der Waals surface area contributed by atoms with Gasteiger partial charge in [0.1, 0.15) is 0 Å². The standard InChI is InChI=1S/C17H19N3O/c1-13-8-10-16(11-9-13)18-12-17(21)20-19-14(2)15-6-4-3-5-7-15/h3-11,18H,12H2,1-2H3,(H,20,21)/b19-14+. The van der Waals surface area contributed by atoms with Crippen molar-refractivity contribution in [3.63, 3.8) is 0 Å². The van der Waals surface area contributed by atoms with E-state index in [1.165, 1.54) is 5.56 Å². The minimum absolute atomic E-state index is 0.175. The van der Waals surface area contributed by atoms with E-state index in [-0.39, 0.29) is 12.5 Å². The number of hydrogen-bond donors (Lipinski definition) is 2. The molecule has 0 saturated carbocycles. The number of nitrogens with one attached hydrogen (secondary N) is 2. The normalized spacial score (nSPS) is 11.0. The van der Waals surface area contributed by atoms with Crippen LogP contribution in [-0.4, -0.2) is 18.2 Å². The summed E-state index contributed by atoms with van der Waals surface area (Å²) in [6.07, 6.45) is 0. The first kappa shape index (κ1) is 14.8. The van der Waals surface area contributed by atoms with Gasteiger partial charge < -0.3 is 5.32 Å². The van der Waals surface area contributed by atoms with Crippen molar-refractivity contribution in [2.75, 3.05) is 11.9 Å². The summed E-state index contributed by atoms with van der Waals surface area (Å²) in [5, 5.41) is 7.15. The average Bonchev–Trinajstić information content (AvgIpc) is 2.53. The van der Waals surface area contributed by atoms with Gasteiger partial charge in [0.2, 0.25) is 0 Å². The Morgan fingerprint density at radius 1 is 1.05 bits per heavy atom. The van der Waals surface area contributed by atoms with E-state index < -0.39 is 0 Å². The van der Waals surface area contributed by atoms with Gasteiger partial charge in [0, 0.05) is 5.69 Å². The van der Waals surface area contributed by atoms with Crippen molar-refractivity contribution in [3.8, 4) is 0 Å². The molecule has 0 saturated heterocycles. The molecule has 2 aromatic carbocycles. The molecule has 0 atom stereocenters. The molecule has 0 aromatic heterocycles. The van der Waals surface area contributed by atoms with E-state index >= 15 is 0 Å². The number of hydrazone groups is 1. The van der Waals surface area contributed by atoms with Crippen molar-refractivity contribution in [2.45, 2.75) is 13.8 Å². The summed E-state index contributed by atoms with van der Waals surface area (Å²) in [4.78, 5) is 11.7. The molecule has 0 aliphatic carbocycles. The Labute approximate surface area is 124 Å². The SMILES string of the molecule is C/C(=N\NC(=O)CNc1ccc(C)cc1)c1ccccc1. The number of benzene rings is 2. The number of hydrogen-bond acceptors (Lipinski definition) is 3. The van der Waals surface area contributed by atoms with E-state index in [0.717, 1.165) is 17.0 Å². The van der Waals surface area contributed by atoms with E-state index in [0.29, 0.717) is 0 Å². The highest BCUT2D eigenvalue weighted by Crippen LogP contribution is 2.07. The van der Waals surface area contributed by atoms with Gasteiger partial charge in [-0.3, -0.25) is 4.79 Å². The zero-order valence-electron chi connectivity index (χ0n) is 12.3. The lowest BCUT2D eigenvalue weighted by atomic mass is 10.1. The Hall–Kier alpha value is -2.62. The smallest absolute Gasteiger partial charge is 0.259 e. The number of rotatable bonds is 5. The molecule has 4 nitrogen and oxygen atoms in total. The lowest BCUT2D eigenvalue weighted by Crippen LogP contribution is -2.26. The van der Waals surface area contributed by atoms with E-state index in [1.54, 1.807) is 0 Å². The fraction of sp³-hybridized carbons (Fsp3) is 0.176. The van der Waals surface area contributed by atoms with Crippen LogP contribution in [-0.2, 0) is 4.79 Å². The Kier molecular flexibility index (Phi) is 5.10. The van der Waals surface area contributed by atoms with Crippen molar-refractivity contribution in [2.24, 2.45) is 5.10 Å². The van der Waals surface area contributed by atoms with E-state index in [9.17, 15) is 4.79 Å². The quantitative estimate of drug-likeness (QED) is 0.654. The van der Waals surface area contributed by atoms with Gasteiger partial charge in [-0.1, -0.05) is 48.0 Å². The molecule has 0 aliphatic rings. The van der Waals surface area contributed by atoms with Gasteiger partial charge in [0.25, 0.3) is 5.91 Å². The Morgan fingerprint density at radius 3 is 2.38 bits per heavy atom. The van der Waals surface area contributed by atoms with Crippen LogP contribution in [0.4, 0.5) is 5.69 Å². The van der Waals surface area contributed by atoms with Gasteiger partial charge in [-0.2, -0.15) is 5.10 Å². The summed E-state index contributed by atoms with van der Waals surface area (Å²) in [5.74, 6) is -0.175. The zero-order chi connectivity index (χ0) is 15.1. The van der Waals surface area contributed by atoms with Crippen molar-refractivity contribution in [1.82, 2.24) is 5.43 Å². The van der Waals surface area contributed by atoms with Crippen molar-refractivity contribution in [1.29, 1.82) is 0 Å². The largest absolute Gasteiger partial charge is 0.376 e. The predicted molar refractivity (Wildman–Crippen MR) is 86.5 cm³/mol. The van der Waals surface area contributed by atoms with Crippen LogP contribution in [0.5, 0.6) is 0 Å². The van der Waals surface area contributed by atoms with Crippen LogP contribution in [0.25, 0.3) is 0 Å². The van der Waals surface area contributed by atoms with Crippen LogP contribution in [0.1, 0.15) is 18.1 Å². The summed E-state index contributed by atoms with van der Waals surface area (Å²) in [5.41, 5.74) is 6.42. The summed E-state index contributed by atoms with van der Waals surface area (Å²) in [6, 6.07) is 17.6. The van der Waals surface area contributed by atoms with Crippen LogP contribution in [0, 0.1) is 6.92 Å². The van der Waals surface area contributed by atoms with Crippen molar-refractivity contribution < 1.29 is 4.79 Å². The maximum Gasteiger partial charge on any atom is 0.259 e. The third-order valence-electron chi connectivity index (χ3n) is 3.04. The second-order valence-corrected chi connectivity index (χ2v) is 4.82. The van der Waals surface area contributed by atoms with Crippen LogP contribution in [0.3, 0.4) is 0 Å². The zero-order valence-corrected chi connectivity index (χ0v) is 12.3. The number of anilines is 1. The summed E-state index contributed by atoms with van der Waals surface area (Å²) >= 11 is 0.